The first-order chi connectivity index (χ1) is 6.65. The van der Waals surface area contributed by atoms with Crippen LogP contribution in [0.2, 0.25) is 0 Å². The van der Waals surface area contributed by atoms with Crippen molar-refractivity contribution in [3.8, 4) is 0 Å². The van der Waals surface area contributed by atoms with Gasteiger partial charge in [-0.2, -0.15) is 0 Å². The molecular weight excluding hydrogens is 178 g/mol. The molecule has 1 N–H and O–H groups in total. The third kappa shape index (κ3) is 5.58. The molecule has 1 atom stereocenters. The van der Waals surface area contributed by atoms with Crippen LogP contribution in [0.3, 0.4) is 0 Å². The Labute approximate surface area is 88.1 Å². The van der Waals surface area contributed by atoms with Crippen molar-refractivity contribution in [3.05, 3.63) is 0 Å². The molecule has 0 aliphatic heterocycles. The second-order valence-electron chi connectivity index (χ2n) is 3.81. The van der Waals surface area contributed by atoms with E-state index in [0.717, 1.165) is 32.5 Å². The van der Waals surface area contributed by atoms with Crippen LogP contribution >= 0.6 is 0 Å². The second-order valence-corrected chi connectivity index (χ2v) is 3.81. The number of aliphatic hydroxyl groups is 1. The van der Waals surface area contributed by atoms with Crippen LogP contribution in [0.4, 0.5) is 0 Å². The Morgan fingerprint density at radius 2 is 1.86 bits per heavy atom. The molecule has 0 saturated carbocycles. The number of hydrogen-bond donors (Lipinski definition) is 1. The highest BCUT2D eigenvalue weighted by Crippen LogP contribution is 2.08. The van der Waals surface area contributed by atoms with Gasteiger partial charge in [-0.05, 0) is 19.8 Å². The predicted octanol–water partition coefficient (Wildman–Crippen LogP) is 1.50. The Morgan fingerprint density at radius 1 is 1.29 bits per heavy atom. The summed E-state index contributed by atoms with van der Waals surface area (Å²) in [6.45, 7) is 8.61. The molecule has 0 aliphatic rings. The Bertz CT molecular complexity index is 124. The average molecular weight is 203 g/mol. The summed E-state index contributed by atoms with van der Waals surface area (Å²) in [4.78, 5) is 2.31. The molecule has 0 aliphatic carbocycles. The van der Waals surface area contributed by atoms with Gasteiger partial charge in [0.1, 0.15) is 0 Å². The van der Waals surface area contributed by atoms with E-state index in [-0.39, 0.29) is 6.10 Å². The van der Waals surface area contributed by atoms with Gasteiger partial charge in [0.15, 0.2) is 0 Å². The Balaban J connectivity index is 4.06. The zero-order chi connectivity index (χ0) is 11.0. The molecule has 86 valence electrons. The van der Waals surface area contributed by atoms with E-state index in [1.54, 1.807) is 7.11 Å². The van der Waals surface area contributed by atoms with Gasteiger partial charge in [0.25, 0.3) is 0 Å². The van der Waals surface area contributed by atoms with Crippen LogP contribution in [0, 0.1) is 0 Å². The van der Waals surface area contributed by atoms with Gasteiger partial charge in [-0.3, -0.25) is 4.90 Å². The largest absolute Gasteiger partial charge is 0.392 e. The minimum absolute atomic E-state index is 0.257. The lowest BCUT2D eigenvalue weighted by Gasteiger charge is -2.31. The number of ether oxygens (including phenoxy) is 1. The molecular formula is C11H25NO2. The van der Waals surface area contributed by atoms with Crippen molar-refractivity contribution in [1.29, 1.82) is 0 Å². The van der Waals surface area contributed by atoms with Gasteiger partial charge < -0.3 is 9.84 Å². The number of methoxy groups -OCH3 is 1. The zero-order valence-corrected chi connectivity index (χ0v) is 9.99. The van der Waals surface area contributed by atoms with Crippen LogP contribution in [0.1, 0.15) is 33.6 Å². The predicted molar refractivity (Wildman–Crippen MR) is 59.5 cm³/mol. The summed E-state index contributed by atoms with van der Waals surface area (Å²) in [5.74, 6) is 0. The SMILES string of the molecule is CCC(CC)N(CCOC)CC(C)O. The van der Waals surface area contributed by atoms with Crippen LogP contribution in [0.25, 0.3) is 0 Å². The van der Waals surface area contributed by atoms with E-state index in [2.05, 4.69) is 18.7 Å². The van der Waals surface area contributed by atoms with E-state index in [4.69, 9.17) is 4.74 Å². The number of nitrogens with zero attached hydrogens (tertiary/aromatic N) is 1. The fourth-order valence-corrected chi connectivity index (χ4v) is 1.78. The lowest BCUT2D eigenvalue weighted by Crippen LogP contribution is -2.41. The molecule has 0 radical (unpaired) electrons. The smallest absolute Gasteiger partial charge is 0.0639 e. The molecule has 3 heteroatoms. The highest BCUT2D eigenvalue weighted by atomic mass is 16.5. The minimum atomic E-state index is -0.257. The van der Waals surface area contributed by atoms with Gasteiger partial charge in [0, 0.05) is 26.2 Å². The topological polar surface area (TPSA) is 32.7 Å². The normalized spacial score (nSPS) is 13.9. The molecule has 0 spiro atoms. The highest BCUT2D eigenvalue weighted by Gasteiger charge is 2.15. The first-order valence-corrected chi connectivity index (χ1v) is 5.56. The van der Waals surface area contributed by atoms with Gasteiger partial charge >= 0.3 is 0 Å². The van der Waals surface area contributed by atoms with Gasteiger partial charge in [-0.25, -0.2) is 0 Å². The van der Waals surface area contributed by atoms with E-state index >= 15 is 0 Å². The molecule has 14 heavy (non-hydrogen) atoms. The summed E-state index contributed by atoms with van der Waals surface area (Å²) in [5, 5.41) is 9.38. The van der Waals surface area contributed by atoms with E-state index < -0.39 is 0 Å². The Morgan fingerprint density at radius 3 is 2.21 bits per heavy atom. The maximum Gasteiger partial charge on any atom is 0.0639 e. The van der Waals surface area contributed by atoms with Crippen molar-refractivity contribution in [2.75, 3.05) is 26.8 Å². The molecule has 0 fully saturated rings. The van der Waals surface area contributed by atoms with Crippen LogP contribution in [0.15, 0.2) is 0 Å². The molecule has 0 heterocycles. The molecule has 0 amide bonds. The summed E-state index contributed by atoms with van der Waals surface area (Å²) in [5.41, 5.74) is 0. The molecule has 0 aromatic heterocycles. The standard InChI is InChI=1S/C11H25NO2/c1-5-11(6-2)12(7-8-14-4)9-10(3)13/h10-11,13H,5-9H2,1-4H3. The van der Waals surface area contributed by atoms with Crippen LogP contribution in [-0.2, 0) is 4.74 Å². The van der Waals surface area contributed by atoms with E-state index in [1.165, 1.54) is 0 Å². The molecule has 3 nitrogen and oxygen atoms in total. The molecule has 1 unspecified atom stereocenters. The van der Waals surface area contributed by atoms with Gasteiger partial charge in [-0.1, -0.05) is 13.8 Å². The molecule has 0 bridgehead atoms. The van der Waals surface area contributed by atoms with Crippen molar-refractivity contribution in [2.24, 2.45) is 0 Å². The van der Waals surface area contributed by atoms with E-state index in [9.17, 15) is 5.11 Å². The van der Waals surface area contributed by atoms with Crippen molar-refractivity contribution in [1.82, 2.24) is 4.90 Å². The third-order valence-electron chi connectivity index (χ3n) is 2.54. The van der Waals surface area contributed by atoms with Crippen LogP contribution in [0.5, 0.6) is 0 Å². The number of aliphatic hydroxyl groups excluding tert-OH is 1. The first-order valence-electron chi connectivity index (χ1n) is 5.56. The third-order valence-corrected chi connectivity index (χ3v) is 2.54. The summed E-state index contributed by atoms with van der Waals surface area (Å²) in [6.07, 6.45) is 2.01. The van der Waals surface area contributed by atoms with Crippen molar-refractivity contribution in [3.63, 3.8) is 0 Å². The summed E-state index contributed by atoms with van der Waals surface area (Å²) in [6, 6.07) is 0.569. The van der Waals surface area contributed by atoms with Gasteiger partial charge in [0.2, 0.25) is 0 Å². The Kier molecular flexibility index (Phi) is 8.14. The fourth-order valence-electron chi connectivity index (χ4n) is 1.78. The zero-order valence-electron chi connectivity index (χ0n) is 9.99. The summed E-state index contributed by atoms with van der Waals surface area (Å²) in [7, 11) is 1.72. The highest BCUT2D eigenvalue weighted by molar-refractivity contribution is 4.70. The maximum atomic E-state index is 9.38. The summed E-state index contributed by atoms with van der Waals surface area (Å²) < 4.78 is 5.07. The second kappa shape index (κ2) is 8.21. The number of hydrogen-bond acceptors (Lipinski definition) is 3. The van der Waals surface area contributed by atoms with Crippen molar-refractivity contribution < 1.29 is 9.84 Å². The first kappa shape index (κ1) is 13.9. The number of rotatable bonds is 8. The minimum Gasteiger partial charge on any atom is -0.392 e. The van der Waals surface area contributed by atoms with Crippen LogP contribution in [-0.4, -0.2) is 49.0 Å². The summed E-state index contributed by atoms with van der Waals surface area (Å²) >= 11 is 0. The fraction of sp³-hybridized carbons (Fsp3) is 1.00. The van der Waals surface area contributed by atoms with E-state index in [0.29, 0.717) is 6.04 Å². The lowest BCUT2D eigenvalue weighted by atomic mass is 10.1. The van der Waals surface area contributed by atoms with Gasteiger partial charge in [0.05, 0.1) is 12.7 Å². The van der Waals surface area contributed by atoms with Crippen LogP contribution < -0.4 is 0 Å². The van der Waals surface area contributed by atoms with Gasteiger partial charge in [-0.15, -0.1) is 0 Å². The molecule has 0 aromatic carbocycles. The van der Waals surface area contributed by atoms with Crippen molar-refractivity contribution in [2.45, 2.75) is 45.8 Å². The molecule has 0 saturated heterocycles. The van der Waals surface area contributed by atoms with E-state index in [1.807, 2.05) is 6.92 Å². The molecule has 0 rings (SSSR count). The quantitative estimate of drug-likeness (QED) is 0.649. The average Bonchev–Trinajstić information content (AvgIpc) is 2.15. The lowest BCUT2D eigenvalue weighted by molar-refractivity contribution is 0.0686. The monoisotopic (exact) mass is 203 g/mol. The maximum absolute atomic E-state index is 9.38. The van der Waals surface area contributed by atoms with Crippen molar-refractivity contribution >= 4 is 0 Å². The molecule has 0 aromatic rings. The Hall–Kier alpha value is -0.120.